The standard InChI is InChI=1S/C23H39N3O3S/c1-3-4-7-12-23(30)26-16-22(28)25-15-18-17(19-13-14-20(18)29-19)10-8-5-6-9-11-21(27)24-2/h5,8,17-20H,3-4,6-7,9-16H2,1-2H3,(H,24,27)(H,25,28)(H,26,30)/t17-,18+,19-,20+/m0/s1. The van der Waals surface area contributed by atoms with E-state index < -0.39 is 0 Å². The van der Waals surface area contributed by atoms with E-state index in [9.17, 15) is 9.59 Å². The third kappa shape index (κ3) is 8.34. The van der Waals surface area contributed by atoms with Gasteiger partial charge in [0.2, 0.25) is 11.8 Å². The highest BCUT2D eigenvalue weighted by Gasteiger charge is 2.47. The summed E-state index contributed by atoms with van der Waals surface area (Å²) in [6, 6.07) is 0. The minimum atomic E-state index is -0.000826. The lowest BCUT2D eigenvalue weighted by Crippen LogP contribution is -2.42. The number of unbranched alkanes of at least 4 members (excludes halogenated alkanes) is 3. The molecule has 2 aliphatic rings. The number of carbonyl (C=O) groups is 2. The fourth-order valence-electron chi connectivity index (χ4n) is 4.45. The third-order valence-corrected chi connectivity index (χ3v) is 6.56. The number of nitrogens with one attached hydrogen (secondary N) is 3. The predicted molar refractivity (Wildman–Crippen MR) is 124 cm³/mol. The Hall–Kier alpha value is -1.47. The summed E-state index contributed by atoms with van der Waals surface area (Å²) in [6.45, 7) is 3.09. The molecule has 2 rings (SSSR count). The van der Waals surface area contributed by atoms with Crippen molar-refractivity contribution in [1.29, 1.82) is 0 Å². The van der Waals surface area contributed by atoms with Gasteiger partial charge in [0.15, 0.2) is 0 Å². The second kappa shape index (κ2) is 13.8. The minimum absolute atomic E-state index is 0.000826. The largest absolute Gasteiger partial charge is 0.374 e. The summed E-state index contributed by atoms with van der Waals surface area (Å²) in [5, 5.41) is 8.81. The Labute approximate surface area is 187 Å². The highest BCUT2D eigenvalue weighted by molar-refractivity contribution is 7.80. The number of hydrogen-bond acceptors (Lipinski definition) is 4. The maximum atomic E-state index is 12.2. The summed E-state index contributed by atoms with van der Waals surface area (Å²) in [5.74, 6) is 0.929. The first-order valence-corrected chi connectivity index (χ1v) is 12.0. The average Bonchev–Trinajstić information content (AvgIpc) is 3.35. The highest BCUT2D eigenvalue weighted by Crippen LogP contribution is 2.44. The fraction of sp³-hybridized carbons (Fsp3) is 0.783. The number of hydrogen-bond donors (Lipinski definition) is 3. The Bertz CT molecular complexity index is 596. The molecule has 0 spiro atoms. The smallest absolute Gasteiger partial charge is 0.239 e. The number of rotatable bonds is 14. The van der Waals surface area contributed by atoms with Gasteiger partial charge in [0.05, 0.1) is 23.7 Å². The molecule has 2 heterocycles. The van der Waals surface area contributed by atoms with Gasteiger partial charge in [-0.3, -0.25) is 9.59 Å². The van der Waals surface area contributed by atoms with Crippen LogP contribution in [0.15, 0.2) is 12.2 Å². The van der Waals surface area contributed by atoms with Crippen molar-refractivity contribution in [3.8, 4) is 0 Å². The summed E-state index contributed by atoms with van der Waals surface area (Å²) in [5.41, 5.74) is 0. The monoisotopic (exact) mass is 437 g/mol. The van der Waals surface area contributed by atoms with Crippen molar-refractivity contribution < 1.29 is 14.3 Å². The molecule has 4 atom stereocenters. The Morgan fingerprint density at radius 3 is 2.50 bits per heavy atom. The fourth-order valence-corrected chi connectivity index (χ4v) is 4.67. The molecule has 0 saturated carbocycles. The molecular weight excluding hydrogens is 398 g/mol. The SMILES string of the molecule is CCCCCC(=S)NCC(=O)NC[C@@H]1[C@H](CC=CCCCC(=O)NC)[C@@H]2CC[C@H]1O2. The first-order valence-electron chi connectivity index (χ1n) is 11.6. The van der Waals surface area contributed by atoms with Crippen molar-refractivity contribution in [3.05, 3.63) is 12.2 Å². The normalized spacial score (nSPS) is 24.9. The summed E-state index contributed by atoms with van der Waals surface area (Å²) in [6.07, 6.45) is 14.8. The quantitative estimate of drug-likeness (QED) is 0.221. The molecule has 0 aliphatic carbocycles. The number of allylic oxidation sites excluding steroid dienone is 2. The van der Waals surface area contributed by atoms with Gasteiger partial charge in [-0.05, 0) is 50.9 Å². The zero-order valence-electron chi connectivity index (χ0n) is 18.6. The topological polar surface area (TPSA) is 79.5 Å². The number of carbonyl (C=O) groups excluding carboxylic acids is 2. The minimum Gasteiger partial charge on any atom is -0.374 e. The lowest BCUT2D eigenvalue weighted by atomic mass is 9.77. The Balaban J connectivity index is 1.67. The van der Waals surface area contributed by atoms with E-state index in [4.69, 9.17) is 17.0 Å². The van der Waals surface area contributed by atoms with Crippen LogP contribution in [0.2, 0.25) is 0 Å². The molecule has 7 heteroatoms. The van der Waals surface area contributed by atoms with E-state index in [2.05, 4.69) is 35.0 Å². The van der Waals surface area contributed by atoms with Gasteiger partial charge in [0, 0.05) is 25.9 Å². The second-order valence-corrected chi connectivity index (χ2v) is 8.92. The van der Waals surface area contributed by atoms with Gasteiger partial charge in [-0.15, -0.1) is 0 Å². The van der Waals surface area contributed by atoms with Crippen LogP contribution >= 0.6 is 12.2 Å². The molecular formula is C23H39N3O3S. The lowest BCUT2D eigenvalue weighted by molar-refractivity contribution is -0.121. The van der Waals surface area contributed by atoms with Crippen LogP contribution < -0.4 is 16.0 Å². The summed E-state index contributed by atoms with van der Waals surface area (Å²) in [7, 11) is 1.67. The molecule has 30 heavy (non-hydrogen) atoms. The lowest BCUT2D eigenvalue weighted by Gasteiger charge is -2.27. The molecule has 3 N–H and O–H groups in total. The van der Waals surface area contributed by atoms with Crippen LogP contribution in [-0.4, -0.2) is 49.1 Å². The van der Waals surface area contributed by atoms with Crippen LogP contribution in [0.5, 0.6) is 0 Å². The zero-order chi connectivity index (χ0) is 21.8. The van der Waals surface area contributed by atoms with Crippen LogP contribution in [0.25, 0.3) is 0 Å². The third-order valence-electron chi connectivity index (χ3n) is 6.21. The molecule has 2 aliphatic heterocycles. The van der Waals surface area contributed by atoms with Gasteiger partial charge >= 0.3 is 0 Å². The van der Waals surface area contributed by atoms with E-state index in [1.165, 1.54) is 12.8 Å². The number of thiocarbonyl (C=S) groups is 1. The van der Waals surface area contributed by atoms with Crippen LogP contribution in [0.3, 0.4) is 0 Å². The molecule has 6 nitrogen and oxygen atoms in total. The van der Waals surface area contributed by atoms with Crippen LogP contribution in [-0.2, 0) is 14.3 Å². The van der Waals surface area contributed by atoms with Gasteiger partial charge in [-0.25, -0.2) is 0 Å². The van der Waals surface area contributed by atoms with Crippen molar-refractivity contribution in [3.63, 3.8) is 0 Å². The van der Waals surface area contributed by atoms with Crippen molar-refractivity contribution in [2.75, 3.05) is 20.1 Å². The van der Waals surface area contributed by atoms with Crippen LogP contribution in [0.4, 0.5) is 0 Å². The van der Waals surface area contributed by atoms with Crippen molar-refractivity contribution in [1.82, 2.24) is 16.0 Å². The first kappa shape index (κ1) is 24.8. The molecule has 2 fully saturated rings. The molecule has 2 saturated heterocycles. The van der Waals surface area contributed by atoms with E-state index in [-0.39, 0.29) is 24.5 Å². The van der Waals surface area contributed by atoms with E-state index >= 15 is 0 Å². The van der Waals surface area contributed by atoms with E-state index in [0.29, 0.717) is 30.9 Å². The molecule has 170 valence electrons. The molecule has 0 radical (unpaired) electrons. The maximum Gasteiger partial charge on any atom is 0.239 e. The molecule has 0 aromatic heterocycles. The summed E-state index contributed by atoms with van der Waals surface area (Å²) in [4.78, 5) is 24.3. The number of amides is 2. The van der Waals surface area contributed by atoms with Crippen molar-refractivity contribution in [2.24, 2.45) is 11.8 Å². The van der Waals surface area contributed by atoms with E-state index in [0.717, 1.165) is 49.9 Å². The van der Waals surface area contributed by atoms with Crippen molar-refractivity contribution >= 4 is 29.0 Å². The summed E-state index contributed by atoms with van der Waals surface area (Å²) < 4.78 is 6.13. The Kier molecular flexibility index (Phi) is 11.4. The van der Waals surface area contributed by atoms with Gasteiger partial charge in [0.1, 0.15) is 0 Å². The average molecular weight is 438 g/mol. The highest BCUT2D eigenvalue weighted by atomic mass is 32.1. The number of ether oxygens (including phenoxy) is 1. The van der Waals surface area contributed by atoms with Gasteiger partial charge < -0.3 is 20.7 Å². The number of fused-ring (bicyclic) bond motifs is 2. The maximum absolute atomic E-state index is 12.2. The molecule has 2 bridgehead atoms. The molecule has 0 aromatic rings. The molecule has 0 aromatic carbocycles. The van der Waals surface area contributed by atoms with E-state index in [1.807, 2.05) is 0 Å². The van der Waals surface area contributed by atoms with Gasteiger partial charge in [-0.2, -0.15) is 0 Å². The van der Waals surface area contributed by atoms with Crippen LogP contribution in [0.1, 0.15) is 71.1 Å². The van der Waals surface area contributed by atoms with Gasteiger partial charge in [0.25, 0.3) is 0 Å². The Morgan fingerprint density at radius 1 is 1.00 bits per heavy atom. The first-order chi connectivity index (χ1) is 14.5. The second-order valence-electron chi connectivity index (χ2n) is 8.43. The van der Waals surface area contributed by atoms with Crippen molar-refractivity contribution in [2.45, 2.75) is 83.3 Å². The molecule has 2 amide bonds. The van der Waals surface area contributed by atoms with Crippen LogP contribution in [0, 0.1) is 11.8 Å². The summed E-state index contributed by atoms with van der Waals surface area (Å²) >= 11 is 5.30. The zero-order valence-corrected chi connectivity index (χ0v) is 19.4. The Morgan fingerprint density at radius 2 is 1.77 bits per heavy atom. The van der Waals surface area contributed by atoms with Gasteiger partial charge in [-0.1, -0.05) is 44.1 Å². The predicted octanol–water partition coefficient (Wildman–Crippen LogP) is 3.26. The van der Waals surface area contributed by atoms with E-state index in [1.54, 1.807) is 7.05 Å². The molecule has 0 unspecified atom stereocenters.